The summed E-state index contributed by atoms with van der Waals surface area (Å²) in [4.78, 5) is 29.5. The molecule has 150 valence electrons. The Morgan fingerprint density at radius 2 is 1.76 bits per heavy atom. The number of fused-ring (bicyclic) bond motifs is 1. The number of hydrogen-bond donors (Lipinski definition) is 1. The lowest BCUT2D eigenvalue weighted by Crippen LogP contribution is -2.22. The Morgan fingerprint density at radius 3 is 2.52 bits per heavy atom. The fraction of sp³-hybridized carbons (Fsp3) is 0.292. The molecule has 0 fully saturated rings. The maximum Gasteiger partial charge on any atom is 0.340 e. The van der Waals surface area contributed by atoms with Gasteiger partial charge in [0.2, 0.25) is 0 Å². The summed E-state index contributed by atoms with van der Waals surface area (Å²) in [6.45, 7) is 7.52. The van der Waals surface area contributed by atoms with Crippen LogP contribution in [0.4, 0.5) is 5.69 Å². The fourth-order valence-corrected chi connectivity index (χ4v) is 3.48. The molecule has 0 aliphatic carbocycles. The molecule has 1 aromatic heterocycles. The second-order valence-electron chi connectivity index (χ2n) is 7.24. The quantitative estimate of drug-likeness (QED) is 0.590. The van der Waals surface area contributed by atoms with E-state index in [-0.39, 0.29) is 12.5 Å². The van der Waals surface area contributed by atoms with Gasteiger partial charge in [0.05, 0.1) is 16.8 Å². The fourth-order valence-electron chi connectivity index (χ4n) is 3.48. The number of esters is 1. The highest BCUT2D eigenvalue weighted by molar-refractivity contribution is 6.00. The second-order valence-corrected chi connectivity index (χ2v) is 7.24. The van der Waals surface area contributed by atoms with Gasteiger partial charge in [-0.3, -0.25) is 9.78 Å². The van der Waals surface area contributed by atoms with Crippen LogP contribution in [0.5, 0.6) is 0 Å². The van der Waals surface area contributed by atoms with E-state index < -0.39 is 5.97 Å². The minimum Gasteiger partial charge on any atom is -0.452 e. The number of hydrogen-bond acceptors (Lipinski definition) is 4. The number of anilines is 1. The van der Waals surface area contributed by atoms with E-state index in [1.807, 2.05) is 55.5 Å². The number of ether oxygens (including phenoxy) is 1. The van der Waals surface area contributed by atoms with Gasteiger partial charge in [-0.1, -0.05) is 50.2 Å². The molecule has 0 bridgehead atoms. The van der Waals surface area contributed by atoms with Gasteiger partial charge >= 0.3 is 5.97 Å². The summed E-state index contributed by atoms with van der Waals surface area (Å²) in [5, 5.41) is 3.76. The maximum absolute atomic E-state index is 12.7. The molecule has 1 atom stereocenters. The topological polar surface area (TPSA) is 68.3 Å². The number of carbonyl (C=O) groups is 2. The molecule has 0 saturated heterocycles. The van der Waals surface area contributed by atoms with Gasteiger partial charge in [-0.2, -0.15) is 0 Å². The van der Waals surface area contributed by atoms with Gasteiger partial charge in [0, 0.05) is 11.1 Å². The normalized spacial score (nSPS) is 11.9. The molecule has 1 heterocycles. The third-order valence-corrected chi connectivity index (χ3v) is 5.25. The SMILES string of the molecule is CC[C@@H](C)c1ccccc1NC(=O)COC(=O)c1c(C)nc2ccccc2c1C. The standard InChI is InChI=1S/C24H26N2O3/c1-5-15(2)18-10-6-8-12-20(18)26-22(27)14-29-24(28)23-16(3)19-11-7-9-13-21(19)25-17(23)4/h6-13,15H,5,14H2,1-4H3,(H,26,27)/t15-/m1/s1. The summed E-state index contributed by atoms with van der Waals surface area (Å²) in [5.41, 5.74) is 4.46. The van der Waals surface area contributed by atoms with E-state index in [2.05, 4.69) is 24.1 Å². The lowest BCUT2D eigenvalue weighted by molar-refractivity contribution is -0.119. The first kappa shape index (κ1) is 20.5. The zero-order chi connectivity index (χ0) is 21.0. The van der Waals surface area contributed by atoms with Crippen molar-refractivity contribution in [2.45, 2.75) is 40.0 Å². The highest BCUT2D eigenvalue weighted by Crippen LogP contribution is 2.26. The van der Waals surface area contributed by atoms with E-state index in [0.29, 0.717) is 17.2 Å². The van der Waals surface area contributed by atoms with Crippen LogP contribution in [-0.4, -0.2) is 23.5 Å². The third-order valence-electron chi connectivity index (χ3n) is 5.25. The van der Waals surface area contributed by atoms with Crippen molar-refractivity contribution < 1.29 is 14.3 Å². The van der Waals surface area contributed by atoms with Crippen LogP contribution >= 0.6 is 0 Å². The van der Waals surface area contributed by atoms with Gasteiger partial charge in [-0.25, -0.2) is 4.79 Å². The number of nitrogens with one attached hydrogen (secondary N) is 1. The van der Waals surface area contributed by atoms with E-state index in [0.717, 1.165) is 34.1 Å². The number of rotatable bonds is 6. The molecule has 0 saturated carbocycles. The molecule has 5 heteroatoms. The summed E-state index contributed by atoms with van der Waals surface area (Å²) in [6.07, 6.45) is 0.968. The molecule has 3 aromatic rings. The van der Waals surface area contributed by atoms with Crippen molar-refractivity contribution in [3.8, 4) is 0 Å². The molecule has 29 heavy (non-hydrogen) atoms. The number of para-hydroxylation sites is 2. The van der Waals surface area contributed by atoms with Gasteiger partial charge < -0.3 is 10.1 Å². The zero-order valence-electron chi connectivity index (χ0n) is 17.3. The average Bonchev–Trinajstić information content (AvgIpc) is 2.72. The first-order valence-corrected chi connectivity index (χ1v) is 9.84. The summed E-state index contributed by atoms with van der Waals surface area (Å²) >= 11 is 0. The van der Waals surface area contributed by atoms with E-state index >= 15 is 0 Å². The zero-order valence-corrected chi connectivity index (χ0v) is 17.3. The van der Waals surface area contributed by atoms with Crippen molar-refractivity contribution in [3.63, 3.8) is 0 Å². The second kappa shape index (κ2) is 8.86. The van der Waals surface area contributed by atoms with Gasteiger partial charge in [-0.15, -0.1) is 0 Å². The van der Waals surface area contributed by atoms with Crippen molar-refractivity contribution in [2.24, 2.45) is 0 Å². The van der Waals surface area contributed by atoms with Gasteiger partial charge in [-0.05, 0) is 49.4 Å². The highest BCUT2D eigenvalue weighted by atomic mass is 16.5. The molecule has 3 rings (SSSR count). The number of amides is 1. The van der Waals surface area contributed by atoms with Gasteiger partial charge in [0.1, 0.15) is 0 Å². The monoisotopic (exact) mass is 390 g/mol. The minimum absolute atomic E-state index is 0.322. The van der Waals surface area contributed by atoms with Crippen molar-refractivity contribution in [1.29, 1.82) is 0 Å². The predicted octanol–water partition coefficient (Wildman–Crippen LogP) is 5.16. The highest BCUT2D eigenvalue weighted by Gasteiger charge is 2.19. The molecule has 0 radical (unpaired) electrons. The Kier molecular flexibility index (Phi) is 6.27. The molecule has 0 aliphatic heterocycles. The van der Waals surface area contributed by atoms with Crippen LogP contribution in [0.3, 0.4) is 0 Å². The first-order chi connectivity index (χ1) is 13.9. The Balaban J connectivity index is 1.72. The van der Waals surface area contributed by atoms with E-state index in [1.165, 1.54) is 0 Å². The maximum atomic E-state index is 12.7. The Bertz CT molecular complexity index is 1060. The Morgan fingerprint density at radius 1 is 1.07 bits per heavy atom. The molecule has 0 aliphatic rings. The molecule has 0 spiro atoms. The summed E-state index contributed by atoms with van der Waals surface area (Å²) < 4.78 is 5.31. The Labute approximate surface area is 171 Å². The van der Waals surface area contributed by atoms with Crippen molar-refractivity contribution in [1.82, 2.24) is 4.98 Å². The smallest absolute Gasteiger partial charge is 0.340 e. The van der Waals surface area contributed by atoms with Crippen LogP contribution in [0.1, 0.15) is 53.4 Å². The first-order valence-electron chi connectivity index (χ1n) is 9.84. The molecule has 1 N–H and O–H groups in total. The molecular weight excluding hydrogens is 364 g/mol. The Hall–Kier alpha value is -3.21. The molecule has 1 amide bonds. The van der Waals surface area contributed by atoms with Crippen LogP contribution in [0, 0.1) is 13.8 Å². The van der Waals surface area contributed by atoms with Crippen molar-refractivity contribution in [3.05, 3.63) is 70.9 Å². The van der Waals surface area contributed by atoms with Crippen LogP contribution in [-0.2, 0) is 9.53 Å². The van der Waals surface area contributed by atoms with Gasteiger partial charge in [0.15, 0.2) is 6.61 Å². The van der Waals surface area contributed by atoms with Crippen molar-refractivity contribution >= 4 is 28.5 Å². The van der Waals surface area contributed by atoms with Crippen molar-refractivity contribution in [2.75, 3.05) is 11.9 Å². The lowest BCUT2D eigenvalue weighted by atomic mass is 9.97. The van der Waals surface area contributed by atoms with E-state index in [9.17, 15) is 9.59 Å². The number of pyridine rings is 1. The number of nitrogens with zero attached hydrogens (tertiary/aromatic N) is 1. The predicted molar refractivity (Wildman–Crippen MR) is 115 cm³/mol. The molecule has 2 aromatic carbocycles. The minimum atomic E-state index is -0.538. The largest absolute Gasteiger partial charge is 0.452 e. The van der Waals surface area contributed by atoms with Gasteiger partial charge in [0.25, 0.3) is 5.91 Å². The summed E-state index contributed by atoms with van der Waals surface area (Å²) in [7, 11) is 0. The lowest BCUT2D eigenvalue weighted by Gasteiger charge is -2.16. The van der Waals surface area contributed by atoms with E-state index in [1.54, 1.807) is 6.92 Å². The van der Waals surface area contributed by atoms with Crippen LogP contribution in [0.2, 0.25) is 0 Å². The van der Waals surface area contributed by atoms with Crippen LogP contribution < -0.4 is 5.32 Å². The van der Waals surface area contributed by atoms with E-state index in [4.69, 9.17) is 4.74 Å². The number of carbonyl (C=O) groups excluding carboxylic acids is 2. The summed E-state index contributed by atoms with van der Waals surface area (Å²) in [6, 6.07) is 15.3. The van der Waals surface area contributed by atoms with Crippen LogP contribution in [0.25, 0.3) is 10.9 Å². The summed E-state index contributed by atoms with van der Waals surface area (Å²) in [5.74, 6) is -0.579. The van der Waals surface area contributed by atoms with Crippen LogP contribution in [0.15, 0.2) is 48.5 Å². The molecule has 0 unspecified atom stereocenters. The molecular formula is C24H26N2O3. The average molecular weight is 390 g/mol. The third kappa shape index (κ3) is 4.45. The molecule has 5 nitrogen and oxygen atoms in total. The number of benzene rings is 2. The number of aryl methyl sites for hydroxylation is 2. The number of aromatic nitrogens is 1.